The lowest BCUT2D eigenvalue weighted by Gasteiger charge is -2.20. The number of aromatic hydroxyl groups is 3. The van der Waals surface area contributed by atoms with Gasteiger partial charge in [-0.2, -0.15) is 0 Å². The Morgan fingerprint density at radius 3 is 1.71 bits per heavy atom. The van der Waals surface area contributed by atoms with Crippen LogP contribution >= 0.6 is 34.8 Å². The number of carbonyl (C=O) groups is 5. The maximum absolute atomic E-state index is 14.7. The summed E-state index contributed by atoms with van der Waals surface area (Å²) in [5.74, 6) is -2.50. The maximum atomic E-state index is 14.7. The van der Waals surface area contributed by atoms with Crippen molar-refractivity contribution in [1.82, 2.24) is 10.3 Å². The third kappa shape index (κ3) is 8.59. The Labute approximate surface area is 449 Å². The number of hydrogen-bond donors (Lipinski definition) is 8. The number of carbonyl (C=O) groups excluding carboxylic acids is 5. The highest BCUT2D eigenvalue weighted by atomic mass is 35.5. The van der Waals surface area contributed by atoms with Gasteiger partial charge in [0.25, 0.3) is 17.7 Å². The standard InChI is InChI=1S/C57H49Cl3N8O8/c1-27(69)64-35-5-9-42-31(14-35)17-43(65-42)57(76)68-26-34(23-60)52-39-12-28(2-6-36(39)48(71)20-46(52)68)13-51(73)66-24-32(21-58)53-41-16-30(4-8-38(41)47(70)18-44(53)66)56(75)67-25-33(22-59)54-40-15-29(55(74)63-11-10-50(61)62)3-7-37(40)49(72)19-45(54)67/h2-9,12,14-20,32-34,65,70-72H,10-11,13,21-26H2,1H3,(H3,61,62)(H,63,74)(H,64,69). The van der Waals surface area contributed by atoms with Gasteiger partial charge < -0.3 is 51.4 Å². The largest absolute Gasteiger partial charge is 0.507 e. The summed E-state index contributed by atoms with van der Waals surface area (Å²) in [5, 5.41) is 51.2. The van der Waals surface area contributed by atoms with E-state index in [4.69, 9.17) is 45.9 Å². The molecule has 9 N–H and O–H groups in total. The number of alkyl halides is 3. The van der Waals surface area contributed by atoms with E-state index < -0.39 is 5.91 Å². The summed E-state index contributed by atoms with van der Waals surface area (Å²) in [4.78, 5) is 76.3. The third-order valence-corrected chi connectivity index (χ3v) is 16.0. The first-order chi connectivity index (χ1) is 36.5. The SMILES string of the molecule is CC(=O)Nc1ccc2[nH]c(C(=O)N3CC(CCl)c4c3cc(O)c3ccc(CC(=O)N5CC(CCl)c6c5cc(O)c5ccc(C(=O)N7CC(CCl)c8c7cc(O)c7ccc(C(=O)NCCC(=N)N)cc87)cc65)cc43)cc2c1. The van der Waals surface area contributed by atoms with Gasteiger partial charge in [0.2, 0.25) is 11.8 Å². The van der Waals surface area contributed by atoms with Gasteiger partial charge in [0.1, 0.15) is 22.9 Å². The minimum atomic E-state index is -0.396. The molecule has 3 aliphatic heterocycles. The lowest BCUT2D eigenvalue weighted by molar-refractivity contribution is -0.118. The van der Waals surface area contributed by atoms with Crippen LogP contribution in [0.1, 0.15) is 84.6 Å². The van der Waals surface area contributed by atoms with Crippen LogP contribution in [0.3, 0.4) is 0 Å². The van der Waals surface area contributed by atoms with Gasteiger partial charge >= 0.3 is 0 Å². The van der Waals surface area contributed by atoms with Crippen molar-refractivity contribution in [3.05, 3.63) is 136 Å². The van der Waals surface area contributed by atoms with Crippen molar-refractivity contribution >= 4 is 136 Å². The number of rotatable bonds is 12. The van der Waals surface area contributed by atoms with Crippen molar-refractivity contribution in [1.29, 1.82) is 5.41 Å². The molecule has 0 saturated carbocycles. The number of nitrogens with two attached hydrogens (primary N) is 1. The van der Waals surface area contributed by atoms with Gasteiger partial charge in [-0.3, -0.25) is 29.4 Å². The monoisotopic (exact) mass is 1080 g/mol. The van der Waals surface area contributed by atoms with Crippen LogP contribution in [0.4, 0.5) is 22.7 Å². The molecule has 5 amide bonds. The number of nitrogens with one attached hydrogen (secondary N) is 4. The number of aromatic amines is 1. The quantitative estimate of drug-likeness (QED) is 0.0329. The van der Waals surface area contributed by atoms with Crippen LogP contribution in [-0.4, -0.2) is 99.5 Å². The molecule has 386 valence electrons. The second-order valence-corrected chi connectivity index (χ2v) is 20.6. The number of nitrogens with zero attached hydrogens (tertiary/aromatic N) is 3. The number of halogens is 3. The molecule has 0 fully saturated rings. The predicted molar refractivity (Wildman–Crippen MR) is 298 cm³/mol. The molecule has 16 nitrogen and oxygen atoms in total. The minimum absolute atomic E-state index is 0.0481. The fourth-order valence-corrected chi connectivity index (χ4v) is 12.1. The molecule has 3 unspecified atom stereocenters. The van der Waals surface area contributed by atoms with Crippen LogP contribution in [0.5, 0.6) is 17.2 Å². The highest BCUT2D eigenvalue weighted by Gasteiger charge is 2.39. The number of H-pyrrole nitrogens is 1. The Morgan fingerprint density at radius 2 is 1.14 bits per heavy atom. The van der Waals surface area contributed by atoms with Crippen molar-refractivity contribution in [2.24, 2.45) is 5.73 Å². The highest BCUT2D eigenvalue weighted by Crippen LogP contribution is 2.50. The minimum Gasteiger partial charge on any atom is -0.507 e. The normalized spacial score (nSPS) is 16.6. The molecule has 3 aliphatic rings. The second-order valence-electron chi connectivity index (χ2n) is 19.6. The lowest BCUT2D eigenvalue weighted by atomic mass is 9.93. The van der Waals surface area contributed by atoms with E-state index in [1.54, 1.807) is 99.6 Å². The Bertz CT molecular complexity index is 3840. The number of aromatic nitrogens is 1. The Hall–Kier alpha value is -8.05. The van der Waals surface area contributed by atoms with E-state index in [0.717, 1.165) is 10.9 Å². The summed E-state index contributed by atoms with van der Waals surface area (Å²) >= 11 is 19.9. The van der Waals surface area contributed by atoms with Gasteiger partial charge in [-0.25, -0.2) is 0 Å². The van der Waals surface area contributed by atoms with E-state index in [-0.39, 0.29) is 127 Å². The first-order valence-corrected chi connectivity index (χ1v) is 26.2. The maximum Gasteiger partial charge on any atom is 0.274 e. The summed E-state index contributed by atoms with van der Waals surface area (Å²) in [6.07, 6.45) is 0.117. The predicted octanol–water partition coefficient (Wildman–Crippen LogP) is 9.64. The molecule has 1 aromatic heterocycles. The van der Waals surface area contributed by atoms with E-state index in [0.29, 0.717) is 88.5 Å². The van der Waals surface area contributed by atoms with Crippen LogP contribution in [0.15, 0.2) is 97.1 Å². The molecule has 0 aliphatic carbocycles. The van der Waals surface area contributed by atoms with Gasteiger partial charge in [-0.05, 0) is 99.1 Å². The molecule has 76 heavy (non-hydrogen) atoms. The first-order valence-electron chi connectivity index (χ1n) is 24.6. The van der Waals surface area contributed by atoms with E-state index in [1.165, 1.54) is 13.0 Å². The first kappa shape index (κ1) is 50.1. The second kappa shape index (κ2) is 19.6. The van der Waals surface area contributed by atoms with Crippen LogP contribution < -0.4 is 31.1 Å². The fraction of sp³-hybridized carbons (Fsp3) is 0.228. The summed E-state index contributed by atoms with van der Waals surface area (Å²) in [5.41, 5.74) is 11.9. The number of benzene rings is 7. The lowest BCUT2D eigenvalue weighted by Crippen LogP contribution is -2.31. The Balaban J connectivity index is 0.889. The highest BCUT2D eigenvalue weighted by molar-refractivity contribution is 6.21. The molecule has 0 spiro atoms. The molecule has 7 aromatic carbocycles. The molecular weight excluding hydrogens is 1030 g/mol. The van der Waals surface area contributed by atoms with Crippen molar-refractivity contribution in [2.75, 3.05) is 63.8 Å². The van der Waals surface area contributed by atoms with E-state index in [9.17, 15) is 39.3 Å². The van der Waals surface area contributed by atoms with Crippen LogP contribution in [0, 0.1) is 5.41 Å². The molecule has 11 rings (SSSR count). The Kier molecular flexibility index (Phi) is 12.9. The summed E-state index contributed by atoms with van der Waals surface area (Å²) < 4.78 is 0. The number of phenols is 3. The van der Waals surface area contributed by atoms with Crippen molar-refractivity contribution < 1.29 is 39.3 Å². The third-order valence-electron chi connectivity index (χ3n) is 14.8. The smallest absolute Gasteiger partial charge is 0.274 e. The fourth-order valence-electron chi connectivity index (χ4n) is 11.4. The summed E-state index contributed by atoms with van der Waals surface area (Å²) in [6, 6.07) is 26.9. The average Bonchev–Trinajstić information content (AvgIpc) is 4.22. The van der Waals surface area contributed by atoms with Crippen LogP contribution in [-0.2, 0) is 16.0 Å². The molecule has 0 bridgehead atoms. The number of phenolic OH excluding ortho intramolecular Hbond substituents is 3. The topological polar surface area (TPSA) is 245 Å². The number of anilines is 4. The molecule has 19 heteroatoms. The van der Waals surface area contributed by atoms with Gasteiger partial charge in [-0.1, -0.05) is 18.2 Å². The molecule has 0 saturated heterocycles. The number of fused-ring (bicyclic) bond motifs is 10. The van der Waals surface area contributed by atoms with Crippen LogP contribution in [0.2, 0.25) is 0 Å². The van der Waals surface area contributed by atoms with E-state index in [1.807, 2.05) is 6.07 Å². The van der Waals surface area contributed by atoms with Gasteiger partial charge in [0.15, 0.2) is 0 Å². The number of hydrogen-bond acceptors (Lipinski definition) is 9. The molecule has 3 atom stereocenters. The summed E-state index contributed by atoms with van der Waals surface area (Å²) in [7, 11) is 0. The molecule has 8 aromatic rings. The van der Waals surface area contributed by atoms with Crippen molar-refractivity contribution in [3.63, 3.8) is 0 Å². The number of amides is 5. The molecule has 4 heterocycles. The Morgan fingerprint density at radius 1 is 0.632 bits per heavy atom. The zero-order valence-corrected chi connectivity index (χ0v) is 43.0. The van der Waals surface area contributed by atoms with Gasteiger partial charge in [-0.15, -0.1) is 34.8 Å². The van der Waals surface area contributed by atoms with Crippen molar-refractivity contribution in [3.8, 4) is 17.2 Å². The van der Waals surface area contributed by atoms with Gasteiger partial charge in [0.05, 0.1) is 29.3 Å². The van der Waals surface area contributed by atoms with Crippen molar-refractivity contribution in [2.45, 2.75) is 37.5 Å². The van der Waals surface area contributed by atoms with Crippen LogP contribution in [0.25, 0.3) is 43.2 Å². The molecular formula is C57H49Cl3N8O8. The molecule has 0 radical (unpaired) electrons. The van der Waals surface area contributed by atoms with E-state index >= 15 is 0 Å². The number of amidine groups is 1. The zero-order valence-electron chi connectivity index (χ0n) is 40.8. The van der Waals surface area contributed by atoms with E-state index in [2.05, 4.69) is 15.6 Å². The summed E-state index contributed by atoms with van der Waals surface area (Å²) in [6.45, 7) is 2.22. The average molecular weight is 1080 g/mol. The van der Waals surface area contributed by atoms with Gasteiger partial charge in [0, 0.05) is 137 Å². The zero-order chi connectivity index (χ0) is 53.4.